The van der Waals surface area contributed by atoms with Crippen molar-refractivity contribution >= 4 is 17.3 Å². The molecule has 0 aliphatic carbocycles. The molecule has 0 radical (unpaired) electrons. The maximum atomic E-state index is 6.26. The van der Waals surface area contributed by atoms with E-state index in [1.165, 1.54) is 41.6 Å². The zero-order valence-electron chi connectivity index (χ0n) is 22.2. The van der Waals surface area contributed by atoms with E-state index in [-0.39, 0.29) is 6.10 Å². The van der Waals surface area contributed by atoms with Gasteiger partial charge in [0, 0.05) is 43.5 Å². The summed E-state index contributed by atoms with van der Waals surface area (Å²) in [6.45, 7) is 12.5. The summed E-state index contributed by atoms with van der Waals surface area (Å²) in [5.41, 5.74) is 5.19. The molecule has 3 heterocycles. The summed E-state index contributed by atoms with van der Waals surface area (Å²) in [6, 6.07) is 11.5. The first kappa shape index (κ1) is 25.7. The fourth-order valence-corrected chi connectivity index (χ4v) is 6.22. The van der Waals surface area contributed by atoms with Crippen molar-refractivity contribution in [3.05, 3.63) is 52.0 Å². The highest BCUT2D eigenvalue weighted by molar-refractivity contribution is 6.32. The molecule has 3 fully saturated rings. The van der Waals surface area contributed by atoms with Crippen molar-refractivity contribution in [3.8, 4) is 11.5 Å². The Morgan fingerprint density at radius 2 is 1.89 bits per heavy atom. The summed E-state index contributed by atoms with van der Waals surface area (Å²) in [4.78, 5) is 5.22. The summed E-state index contributed by atoms with van der Waals surface area (Å²) in [6.07, 6.45) is 3.65. The number of halogens is 1. The summed E-state index contributed by atoms with van der Waals surface area (Å²) < 4.78 is 23.2. The molecule has 36 heavy (non-hydrogen) atoms. The molecule has 5 rings (SSSR count). The Kier molecular flexibility index (Phi) is 7.42. The second-order valence-corrected chi connectivity index (χ2v) is 11.2. The topological polar surface area (TPSA) is 43.4 Å². The van der Waals surface area contributed by atoms with Gasteiger partial charge >= 0.3 is 0 Å². The second-order valence-electron chi connectivity index (χ2n) is 10.8. The smallest absolute Gasteiger partial charge is 0.163 e. The summed E-state index contributed by atoms with van der Waals surface area (Å²) in [7, 11) is 1.67. The standard InChI is InChI=1S/C29H39ClN2O4/c1-19-20(2)27(34-17-23-18-35-29(3,4)36-23)12-10-24(19)26-8-6-7-22-16-31(13-14-32(22)26)21-9-11-25(30)28(15-21)33-5/h9-12,15,22-23,26H,6-8,13-14,16-18H2,1-5H3/t22?,23-,26+/m0/s1. The fraction of sp³-hybridized carbons (Fsp3) is 0.586. The van der Waals surface area contributed by atoms with E-state index in [2.05, 4.69) is 47.9 Å². The third-order valence-corrected chi connectivity index (χ3v) is 8.39. The lowest BCUT2D eigenvalue weighted by Crippen LogP contribution is -2.56. The SMILES string of the molecule is COc1cc(N2CCN3C(CCC[C@@H]3c3ccc(OC[C@H]4COC(C)(C)O4)c(C)c3C)C2)ccc1Cl. The lowest BCUT2D eigenvalue weighted by atomic mass is 9.86. The first-order valence-corrected chi connectivity index (χ1v) is 13.5. The Balaban J connectivity index is 1.27. The number of anilines is 1. The number of rotatable bonds is 6. The summed E-state index contributed by atoms with van der Waals surface area (Å²) in [5, 5.41) is 0.656. The highest BCUT2D eigenvalue weighted by Crippen LogP contribution is 2.40. The number of piperazine rings is 1. The first-order chi connectivity index (χ1) is 17.3. The van der Waals surface area contributed by atoms with Crippen molar-refractivity contribution in [2.75, 3.05) is 44.9 Å². The van der Waals surface area contributed by atoms with Crippen LogP contribution in [0.3, 0.4) is 0 Å². The molecule has 2 aromatic carbocycles. The molecular weight excluding hydrogens is 476 g/mol. The van der Waals surface area contributed by atoms with Gasteiger partial charge in [-0.15, -0.1) is 0 Å². The molecule has 0 saturated carbocycles. The molecule has 6 nitrogen and oxygen atoms in total. The van der Waals surface area contributed by atoms with Crippen LogP contribution < -0.4 is 14.4 Å². The highest BCUT2D eigenvalue weighted by atomic mass is 35.5. The van der Waals surface area contributed by atoms with Gasteiger partial charge in [-0.25, -0.2) is 0 Å². The van der Waals surface area contributed by atoms with Gasteiger partial charge in [0.15, 0.2) is 5.79 Å². The van der Waals surface area contributed by atoms with Gasteiger partial charge in [-0.2, -0.15) is 0 Å². The van der Waals surface area contributed by atoms with Crippen LogP contribution in [0.15, 0.2) is 30.3 Å². The van der Waals surface area contributed by atoms with Gasteiger partial charge in [-0.1, -0.05) is 17.7 Å². The molecule has 3 atom stereocenters. The maximum absolute atomic E-state index is 6.26. The number of benzene rings is 2. The third-order valence-electron chi connectivity index (χ3n) is 8.07. The Hall–Kier alpha value is -1.99. The van der Waals surface area contributed by atoms with Gasteiger partial charge in [0.1, 0.15) is 24.2 Å². The minimum atomic E-state index is -0.524. The normalized spacial score (nSPS) is 26.1. The van der Waals surface area contributed by atoms with Crippen LogP contribution >= 0.6 is 11.6 Å². The minimum absolute atomic E-state index is 0.0320. The third kappa shape index (κ3) is 5.19. The maximum Gasteiger partial charge on any atom is 0.163 e. The summed E-state index contributed by atoms with van der Waals surface area (Å²) >= 11 is 6.26. The van der Waals surface area contributed by atoms with Crippen LogP contribution in [0.2, 0.25) is 5.02 Å². The molecule has 3 aliphatic heterocycles. The van der Waals surface area contributed by atoms with Crippen molar-refractivity contribution in [2.24, 2.45) is 0 Å². The second kappa shape index (κ2) is 10.4. The van der Waals surface area contributed by atoms with Gasteiger partial charge in [0.25, 0.3) is 0 Å². The number of nitrogens with zero attached hydrogens (tertiary/aromatic N) is 2. The van der Waals surface area contributed by atoms with E-state index in [4.69, 9.17) is 30.5 Å². The Labute approximate surface area is 220 Å². The van der Waals surface area contributed by atoms with Gasteiger partial charge in [-0.3, -0.25) is 4.90 Å². The van der Waals surface area contributed by atoms with Gasteiger partial charge in [0.05, 0.1) is 18.7 Å². The fourth-order valence-electron chi connectivity index (χ4n) is 6.03. The molecule has 0 amide bonds. The molecule has 7 heteroatoms. The quantitative estimate of drug-likeness (QED) is 0.477. The Bertz CT molecular complexity index is 1090. The monoisotopic (exact) mass is 514 g/mol. The predicted molar refractivity (Wildman–Crippen MR) is 144 cm³/mol. The number of methoxy groups -OCH3 is 1. The molecule has 0 spiro atoms. The number of hydrogen-bond donors (Lipinski definition) is 0. The van der Waals surface area contributed by atoms with Crippen molar-refractivity contribution in [2.45, 2.75) is 70.9 Å². The molecule has 0 aromatic heterocycles. The van der Waals surface area contributed by atoms with Crippen LogP contribution in [0, 0.1) is 13.8 Å². The molecule has 0 bridgehead atoms. The lowest BCUT2D eigenvalue weighted by molar-refractivity contribution is -0.141. The Morgan fingerprint density at radius 1 is 1.06 bits per heavy atom. The molecular formula is C29H39ClN2O4. The molecule has 2 aromatic rings. The lowest BCUT2D eigenvalue weighted by Gasteiger charge is -2.49. The van der Waals surface area contributed by atoms with E-state index in [0.29, 0.717) is 30.3 Å². The van der Waals surface area contributed by atoms with Crippen LogP contribution in [-0.4, -0.2) is 62.8 Å². The van der Waals surface area contributed by atoms with E-state index in [0.717, 1.165) is 31.1 Å². The van der Waals surface area contributed by atoms with Crippen LogP contribution in [-0.2, 0) is 9.47 Å². The van der Waals surface area contributed by atoms with Gasteiger partial charge in [0.2, 0.25) is 0 Å². The van der Waals surface area contributed by atoms with E-state index in [1.807, 2.05) is 19.9 Å². The molecule has 3 saturated heterocycles. The highest BCUT2D eigenvalue weighted by Gasteiger charge is 2.37. The van der Waals surface area contributed by atoms with Crippen molar-refractivity contribution < 1.29 is 18.9 Å². The first-order valence-electron chi connectivity index (χ1n) is 13.1. The van der Waals surface area contributed by atoms with Crippen LogP contribution in [0.25, 0.3) is 0 Å². The molecule has 3 aliphatic rings. The molecule has 196 valence electrons. The van der Waals surface area contributed by atoms with Gasteiger partial charge in [-0.05, 0) is 81.8 Å². The van der Waals surface area contributed by atoms with Crippen LogP contribution in [0.4, 0.5) is 5.69 Å². The van der Waals surface area contributed by atoms with Gasteiger partial charge < -0.3 is 23.8 Å². The zero-order chi connectivity index (χ0) is 25.4. The Morgan fingerprint density at radius 3 is 2.64 bits per heavy atom. The number of piperidine rings is 1. The predicted octanol–water partition coefficient (Wildman–Crippen LogP) is 5.91. The average Bonchev–Trinajstić information content (AvgIpc) is 3.23. The van der Waals surface area contributed by atoms with E-state index in [1.54, 1.807) is 7.11 Å². The van der Waals surface area contributed by atoms with Crippen LogP contribution in [0.5, 0.6) is 11.5 Å². The van der Waals surface area contributed by atoms with Crippen molar-refractivity contribution in [3.63, 3.8) is 0 Å². The molecule has 0 N–H and O–H groups in total. The van der Waals surface area contributed by atoms with E-state index in [9.17, 15) is 0 Å². The number of fused-ring (bicyclic) bond motifs is 1. The minimum Gasteiger partial charge on any atom is -0.495 e. The zero-order valence-corrected chi connectivity index (χ0v) is 22.9. The van der Waals surface area contributed by atoms with Crippen molar-refractivity contribution in [1.29, 1.82) is 0 Å². The van der Waals surface area contributed by atoms with Crippen LogP contribution in [0.1, 0.15) is 55.8 Å². The van der Waals surface area contributed by atoms with Crippen molar-refractivity contribution in [1.82, 2.24) is 4.90 Å². The molecule has 1 unspecified atom stereocenters. The van der Waals surface area contributed by atoms with E-state index >= 15 is 0 Å². The number of hydrogen-bond acceptors (Lipinski definition) is 6. The van der Waals surface area contributed by atoms with E-state index < -0.39 is 5.79 Å². The average molecular weight is 515 g/mol. The largest absolute Gasteiger partial charge is 0.495 e. The number of ether oxygens (including phenoxy) is 4. The summed E-state index contributed by atoms with van der Waals surface area (Å²) in [5.74, 6) is 1.16.